The van der Waals surface area contributed by atoms with E-state index >= 15 is 0 Å². The molecule has 0 fully saturated rings. The first-order valence-corrected chi connectivity index (χ1v) is 31.1. The van der Waals surface area contributed by atoms with E-state index in [1.54, 1.807) is 0 Å². The molecule has 0 rings (SSSR count). The molecule has 1 unspecified atom stereocenters. The van der Waals surface area contributed by atoms with E-state index in [1.807, 2.05) is 0 Å². The molecule has 1 atom stereocenters. The largest absolute Gasteiger partial charge is 0.462 e. The molecule has 0 amide bonds. The molecule has 0 N–H and O–H groups in total. The van der Waals surface area contributed by atoms with Gasteiger partial charge < -0.3 is 14.2 Å². The summed E-state index contributed by atoms with van der Waals surface area (Å²) in [5.41, 5.74) is 0. The molecule has 0 radical (unpaired) electrons. The molecule has 0 spiro atoms. The van der Waals surface area contributed by atoms with Gasteiger partial charge in [-0.25, -0.2) is 0 Å². The zero-order chi connectivity index (χ0) is 51.4. The molecule has 0 aliphatic carbocycles. The molecule has 6 nitrogen and oxygen atoms in total. The van der Waals surface area contributed by atoms with Gasteiger partial charge in [-0.05, 0) is 57.8 Å². The lowest BCUT2D eigenvalue weighted by molar-refractivity contribution is -0.167. The van der Waals surface area contributed by atoms with Crippen molar-refractivity contribution in [2.45, 2.75) is 335 Å². The summed E-state index contributed by atoms with van der Waals surface area (Å²) in [6, 6.07) is 0. The second-order valence-corrected chi connectivity index (χ2v) is 21.0. The highest BCUT2D eigenvalue weighted by atomic mass is 16.6. The van der Waals surface area contributed by atoms with Gasteiger partial charge in [-0.3, -0.25) is 14.4 Å². The Bertz CT molecular complexity index is 1230. The third-order valence-corrected chi connectivity index (χ3v) is 13.8. The smallest absolute Gasteiger partial charge is 0.306 e. The van der Waals surface area contributed by atoms with Gasteiger partial charge in [0, 0.05) is 19.3 Å². The highest BCUT2D eigenvalue weighted by molar-refractivity contribution is 5.71. The van der Waals surface area contributed by atoms with Crippen LogP contribution in [-0.4, -0.2) is 37.2 Å². The fourth-order valence-electron chi connectivity index (χ4n) is 9.20. The Morgan fingerprint density at radius 3 is 0.859 bits per heavy atom. The molecule has 6 heteroatoms. The normalized spacial score (nSPS) is 12.3. The molecule has 0 aromatic heterocycles. The summed E-state index contributed by atoms with van der Waals surface area (Å²) in [7, 11) is 0. The van der Waals surface area contributed by atoms with Crippen molar-refractivity contribution in [2.75, 3.05) is 13.2 Å². The maximum absolute atomic E-state index is 12.9. The predicted octanol–water partition coefficient (Wildman–Crippen LogP) is 21.0. The highest BCUT2D eigenvalue weighted by Crippen LogP contribution is 2.17. The Balaban J connectivity index is 4.20. The number of hydrogen-bond donors (Lipinski definition) is 0. The van der Waals surface area contributed by atoms with Gasteiger partial charge >= 0.3 is 17.9 Å². The quantitative estimate of drug-likeness (QED) is 0.0261. The number of carbonyl (C=O) groups excluding carboxylic acids is 3. The van der Waals surface area contributed by atoms with Crippen molar-refractivity contribution in [3.8, 4) is 0 Å². The summed E-state index contributed by atoms with van der Waals surface area (Å²) in [6.07, 6.45) is 74.1. The van der Waals surface area contributed by atoms with Gasteiger partial charge in [0.15, 0.2) is 6.10 Å². The first kappa shape index (κ1) is 68.4. The van der Waals surface area contributed by atoms with Gasteiger partial charge in [-0.15, -0.1) is 0 Å². The van der Waals surface area contributed by atoms with Crippen molar-refractivity contribution in [3.05, 3.63) is 48.6 Å². The van der Waals surface area contributed by atoms with Crippen LogP contribution in [-0.2, 0) is 28.6 Å². The zero-order valence-electron chi connectivity index (χ0n) is 47.5. The molecular weight excluding hydrogens is 877 g/mol. The van der Waals surface area contributed by atoms with E-state index in [0.717, 1.165) is 89.9 Å². The molecule has 0 aromatic rings. The number of ether oxygens (including phenoxy) is 3. The van der Waals surface area contributed by atoms with Crippen molar-refractivity contribution in [1.29, 1.82) is 0 Å². The van der Waals surface area contributed by atoms with Gasteiger partial charge in [0.05, 0.1) is 0 Å². The Hall–Kier alpha value is -2.63. The number of carbonyl (C=O) groups is 3. The van der Waals surface area contributed by atoms with Crippen LogP contribution < -0.4 is 0 Å². The summed E-state index contributed by atoms with van der Waals surface area (Å²) in [5, 5.41) is 0. The third kappa shape index (κ3) is 58.1. The molecule has 0 aromatic carbocycles. The number of allylic oxidation sites excluding steroid dienone is 8. The second kappa shape index (κ2) is 59.9. The van der Waals surface area contributed by atoms with Crippen LogP contribution in [0.4, 0.5) is 0 Å². The average Bonchev–Trinajstić information content (AvgIpc) is 3.37. The minimum Gasteiger partial charge on any atom is -0.462 e. The van der Waals surface area contributed by atoms with Crippen molar-refractivity contribution in [3.63, 3.8) is 0 Å². The van der Waals surface area contributed by atoms with Crippen LogP contribution in [0.2, 0.25) is 0 Å². The maximum atomic E-state index is 12.9. The Morgan fingerprint density at radius 2 is 0.549 bits per heavy atom. The maximum Gasteiger partial charge on any atom is 0.306 e. The monoisotopic (exact) mass is 995 g/mol. The van der Waals surface area contributed by atoms with Crippen molar-refractivity contribution >= 4 is 17.9 Å². The van der Waals surface area contributed by atoms with E-state index < -0.39 is 6.10 Å². The van der Waals surface area contributed by atoms with Crippen LogP contribution in [0.15, 0.2) is 48.6 Å². The van der Waals surface area contributed by atoms with E-state index in [1.165, 1.54) is 199 Å². The van der Waals surface area contributed by atoms with Crippen LogP contribution in [0, 0.1) is 0 Å². The molecule has 71 heavy (non-hydrogen) atoms. The van der Waals surface area contributed by atoms with Crippen LogP contribution >= 0.6 is 0 Å². The molecule has 0 aliphatic heterocycles. The molecule has 0 heterocycles. The van der Waals surface area contributed by atoms with Crippen LogP contribution in [0.3, 0.4) is 0 Å². The first-order chi connectivity index (χ1) is 35.0. The summed E-state index contributed by atoms with van der Waals surface area (Å²) in [6.45, 7) is 6.55. The molecule has 0 aliphatic rings. The van der Waals surface area contributed by atoms with Crippen molar-refractivity contribution < 1.29 is 28.6 Å². The fraction of sp³-hybridized carbons (Fsp3) is 0.831. The van der Waals surface area contributed by atoms with Gasteiger partial charge in [0.2, 0.25) is 0 Å². The number of rotatable bonds is 57. The number of hydrogen-bond acceptors (Lipinski definition) is 6. The predicted molar refractivity (Wildman–Crippen MR) is 307 cm³/mol. The SMILES string of the molecule is CC/C=C\C/C=C\C/C=C\C/C=C\CCCCCCCCCCC(=O)OC(COC(=O)CCCCCCCCCCC)COC(=O)CCCCCCCCCCCCCCCCCCCCCCCCC. The van der Waals surface area contributed by atoms with Crippen LogP contribution in [0.5, 0.6) is 0 Å². The summed E-state index contributed by atoms with van der Waals surface area (Å²) in [4.78, 5) is 38.1. The summed E-state index contributed by atoms with van der Waals surface area (Å²) < 4.78 is 16.9. The molecular formula is C65H118O6. The van der Waals surface area contributed by atoms with Gasteiger partial charge in [0.25, 0.3) is 0 Å². The van der Waals surface area contributed by atoms with Crippen LogP contribution in [0.25, 0.3) is 0 Å². The molecule has 0 saturated heterocycles. The molecule has 0 bridgehead atoms. The minimum atomic E-state index is -0.774. The van der Waals surface area contributed by atoms with Crippen molar-refractivity contribution in [1.82, 2.24) is 0 Å². The Kier molecular flexibility index (Phi) is 57.7. The number of esters is 3. The van der Waals surface area contributed by atoms with E-state index in [-0.39, 0.29) is 31.1 Å². The third-order valence-electron chi connectivity index (χ3n) is 13.8. The molecule has 0 saturated carbocycles. The second-order valence-electron chi connectivity index (χ2n) is 21.0. The number of unbranched alkanes of at least 4 members (excludes halogenated alkanes) is 38. The lowest BCUT2D eigenvalue weighted by Crippen LogP contribution is -2.30. The van der Waals surface area contributed by atoms with Gasteiger partial charge in [0.1, 0.15) is 13.2 Å². The van der Waals surface area contributed by atoms with E-state index in [9.17, 15) is 14.4 Å². The fourth-order valence-corrected chi connectivity index (χ4v) is 9.20. The van der Waals surface area contributed by atoms with Crippen molar-refractivity contribution in [2.24, 2.45) is 0 Å². The summed E-state index contributed by atoms with van der Waals surface area (Å²) >= 11 is 0. The molecule has 414 valence electrons. The van der Waals surface area contributed by atoms with E-state index in [0.29, 0.717) is 19.3 Å². The summed E-state index contributed by atoms with van der Waals surface area (Å²) in [5.74, 6) is -0.864. The van der Waals surface area contributed by atoms with Gasteiger partial charge in [-0.2, -0.15) is 0 Å². The Morgan fingerprint density at radius 1 is 0.296 bits per heavy atom. The lowest BCUT2D eigenvalue weighted by Gasteiger charge is -2.18. The van der Waals surface area contributed by atoms with Gasteiger partial charge in [-0.1, -0.05) is 301 Å². The Labute approximate surface area is 441 Å². The van der Waals surface area contributed by atoms with Crippen LogP contribution in [0.1, 0.15) is 329 Å². The average molecular weight is 996 g/mol. The lowest BCUT2D eigenvalue weighted by atomic mass is 10.0. The van der Waals surface area contributed by atoms with E-state index in [4.69, 9.17) is 14.2 Å². The standard InChI is InChI=1S/C65H118O6/c1-4-7-10-13-16-19-21-23-25-27-29-31-32-34-35-37-39-41-43-46-49-52-55-58-64(67)70-61-62(60-69-63(66)57-54-51-48-45-18-15-12-9-6-3)71-65(68)59-56-53-50-47-44-42-40-38-36-33-30-28-26-24-22-20-17-14-11-8-5-2/h8,11,17,20,24,26,30,33,62H,4-7,9-10,12-16,18-19,21-23,25,27-29,31-32,34-61H2,1-3H3/b11-8-,20-17-,26-24-,33-30-. The minimum absolute atomic E-state index is 0.0719. The first-order valence-electron chi connectivity index (χ1n) is 31.1. The van der Waals surface area contributed by atoms with E-state index in [2.05, 4.69) is 69.4 Å². The zero-order valence-corrected chi connectivity index (χ0v) is 47.5. The topological polar surface area (TPSA) is 78.9 Å². The highest BCUT2D eigenvalue weighted by Gasteiger charge is 2.19.